The lowest BCUT2D eigenvalue weighted by Gasteiger charge is -2.26. The standard InChI is InChI=1S/C21H26N6O2.ClH/c28-21(20-17-14-22-5-3-18(17)24-25-20)23-16-1-2-19-15(13-16)4-6-27(19)8-7-26-9-11-29-12-10-26;/h1-2,4,6,13,22H,3,5,7-12,14H2,(H,23,28)(H,24,25);1H. The van der Waals surface area contributed by atoms with E-state index in [0.29, 0.717) is 12.2 Å². The first-order valence-electron chi connectivity index (χ1n) is 10.2. The third-order valence-electron chi connectivity index (χ3n) is 5.81. The second kappa shape index (κ2) is 9.18. The highest BCUT2D eigenvalue weighted by Gasteiger charge is 2.21. The fraction of sp³-hybridized carbons (Fsp3) is 0.429. The van der Waals surface area contributed by atoms with Gasteiger partial charge in [-0.1, -0.05) is 0 Å². The maximum absolute atomic E-state index is 12.7. The van der Waals surface area contributed by atoms with Crippen molar-refractivity contribution in [3.8, 4) is 0 Å². The molecule has 4 heterocycles. The van der Waals surface area contributed by atoms with Crippen molar-refractivity contribution in [2.24, 2.45) is 0 Å². The van der Waals surface area contributed by atoms with Gasteiger partial charge in [0.1, 0.15) is 0 Å². The van der Waals surface area contributed by atoms with Gasteiger partial charge in [0.25, 0.3) is 5.91 Å². The third kappa shape index (κ3) is 4.22. The highest BCUT2D eigenvalue weighted by molar-refractivity contribution is 6.05. The number of hydrogen-bond acceptors (Lipinski definition) is 5. The molecule has 3 N–H and O–H groups in total. The lowest BCUT2D eigenvalue weighted by Crippen LogP contribution is -2.38. The van der Waals surface area contributed by atoms with Crippen LogP contribution in [0.2, 0.25) is 0 Å². The Morgan fingerprint density at radius 3 is 2.93 bits per heavy atom. The Hall–Kier alpha value is -2.39. The maximum Gasteiger partial charge on any atom is 0.276 e. The number of nitrogens with one attached hydrogen (secondary N) is 3. The van der Waals surface area contributed by atoms with Crippen LogP contribution in [0.1, 0.15) is 21.7 Å². The van der Waals surface area contributed by atoms with E-state index in [0.717, 1.165) is 74.7 Å². The van der Waals surface area contributed by atoms with Crippen molar-refractivity contribution < 1.29 is 9.53 Å². The Morgan fingerprint density at radius 2 is 2.07 bits per heavy atom. The minimum atomic E-state index is -0.169. The van der Waals surface area contributed by atoms with Gasteiger partial charge in [-0.2, -0.15) is 5.10 Å². The van der Waals surface area contributed by atoms with Crippen molar-refractivity contribution in [3.63, 3.8) is 0 Å². The number of aromatic amines is 1. The Labute approximate surface area is 181 Å². The first-order valence-corrected chi connectivity index (χ1v) is 10.2. The molecule has 1 fully saturated rings. The zero-order valence-corrected chi connectivity index (χ0v) is 17.6. The number of anilines is 1. The number of amides is 1. The van der Waals surface area contributed by atoms with E-state index in [1.54, 1.807) is 0 Å². The van der Waals surface area contributed by atoms with E-state index in [-0.39, 0.29) is 18.3 Å². The maximum atomic E-state index is 12.7. The average molecular weight is 431 g/mol. The fourth-order valence-corrected chi connectivity index (χ4v) is 4.15. The van der Waals surface area contributed by atoms with Crippen molar-refractivity contribution in [2.45, 2.75) is 19.5 Å². The van der Waals surface area contributed by atoms with E-state index in [4.69, 9.17) is 4.74 Å². The summed E-state index contributed by atoms with van der Waals surface area (Å²) in [4.78, 5) is 15.2. The van der Waals surface area contributed by atoms with Crippen LogP contribution in [0.5, 0.6) is 0 Å². The molecule has 0 radical (unpaired) electrons. The van der Waals surface area contributed by atoms with Crippen molar-refractivity contribution in [1.29, 1.82) is 0 Å². The summed E-state index contributed by atoms with van der Waals surface area (Å²) in [7, 11) is 0. The monoisotopic (exact) mass is 430 g/mol. The molecule has 0 atom stereocenters. The van der Waals surface area contributed by atoms with Crippen LogP contribution in [0.25, 0.3) is 10.9 Å². The van der Waals surface area contributed by atoms with Crippen LogP contribution in [-0.4, -0.2) is 65.0 Å². The molecule has 1 aromatic carbocycles. The number of fused-ring (bicyclic) bond motifs is 2. The molecule has 0 bridgehead atoms. The number of carbonyl (C=O) groups is 1. The number of rotatable bonds is 5. The van der Waals surface area contributed by atoms with E-state index >= 15 is 0 Å². The van der Waals surface area contributed by atoms with Crippen LogP contribution in [0.15, 0.2) is 30.5 Å². The van der Waals surface area contributed by atoms with Gasteiger partial charge < -0.3 is 19.9 Å². The number of carbonyl (C=O) groups excluding carboxylic acids is 1. The molecule has 160 valence electrons. The molecule has 8 nitrogen and oxygen atoms in total. The van der Waals surface area contributed by atoms with Crippen LogP contribution in [0.3, 0.4) is 0 Å². The number of aromatic nitrogens is 3. The smallest absolute Gasteiger partial charge is 0.276 e. The number of hydrogen-bond donors (Lipinski definition) is 3. The molecule has 1 saturated heterocycles. The van der Waals surface area contributed by atoms with Crippen molar-refractivity contribution in [1.82, 2.24) is 25.0 Å². The number of nitrogens with zero attached hydrogens (tertiary/aromatic N) is 3. The molecule has 5 rings (SSSR count). The van der Waals surface area contributed by atoms with Crippen LogP contribution >= 0.6 is 12.4 Å². The molecule has 0 aliphatic carbocycles. The number of ether oxygens (including phenoxy) is 1. The van der Waals surface area contributed by atoms with Crippen molar-refractivity contribution in [3.05, 3.63) is 47.4 Å². The molecule has 0 spiro atoms. The summed E-state index contributed by atoms with van der Waals surface area (Å²) in [6, 6.07) is 8.16. The summed E-state index contributed by atoms with van der Waals surface area (Å²) in [6.45, 7) is 7.21. The molecule has 0 saturated carbocycles. The molecule has 9 heteroatoms. The summed E-state index contributed by atoms with van der Waals surface area (Å²) in [5.41, 5.74) is 4.48. The first-order chi connectivity index (χ1) is 14.3. The highest BCUT2D eigenvalue weighted by atomic mass is 35.5. The molecular weight excluding hydrogens is 404 g/mol. The Morgan fingerprint density at radius 1 is 1.20 bits per heavy atom. The molecular formula is C21H27ClN6O2. The minimum absolute atomic E-state index is 0. The molecule has 2 aliphatic heterocycles. The fourth-order valence-electron chi connectivity index (χ4n) is 4.15. The summed E-state index contributed by atoms with van der Waals surface area (Å²) in [5, 5.41) is 14.7. The zero-order valence-electron chi connectivity index (χ0n) is 16.8. The topological polar surface area (TPSA) is 87.2 Å². The molecule has 30 heavy (non-hydrogen) atoms. The number of morpholine rings is 1. The average Bonchev–Trinajstić information content (AvgIpc) is 3.37. The third-order valence-corrected chi connectivity index (χ3v) is 5.81. The second-order valence-corrected chi connectivity index (χ2v) is 7.65. The normalized spacial score (nSPS) is 16.8. The largest absolute Gasteiger partial charge is 0.379 e. The van der Waals surface area contributed by atoms with Crippen LogP contribution in [-0.2, 0) is 24.2 Å². The zero-order chi connectivity index (χ0) is 19.6. The van der Waals surface area contributed by atoms with Gasteiger partial charge in [-0.25, -0.2) is 0 Å². The SMILES string of the molecule is Cl.O=C(Nc1ccc2c(ccn2CCN2CCOCC2)c1)c1n[nH]c2c1CNCC2. The van der Waals surface area contributed by atoms with Gasteiger partial charge >= 0.3 is 0 Å². The molecule has 1 amide bonds. The number of halogens is 1. The van der Waals surface area contributed by atoms with Gasteiger partial charge in [0.15, 0.2) is 5.69 Å². The molecule has 2 aromatic heterocycles. The van der Waals surface area contributed by atoms with Gasteiger partial charge in [0, 0.05) is 79.7 Å². The lowest BCUT2D eigenvalue weighted by atomic mass is 10.1. The molecule has 2 aliphatic rings. The Bertz CT molecular complexity index is 1020. The Balaban J connectivity index is 0.00000218. The van der Waals surface area contributed by atoms with Crippen molar-refractivity contribution in [2.75, 3.05) is 44.7 Å². The molecule has 0 unspecified atom stereocenters. The van der Waals surface area contributed by atoms with Gasteiger partial charge in [0.2, 0.25) is 0 Å². The van der Waals surface area contributed by atoms with Crippen LogP contribution < -0.4 is 10.6 Å². The quantitative estimate of drug-likeness (QED) is 0.576. The summed E-state index contributed by atoms with van der Waals surface area (Å²) in [5.74, 6) is -0.169. The van der Waals surface area contributed by atoms with E-state index in [9.17, 15) is 4.79 Å². The van der Waals surface area contributed by atoms with Gasteiger partial charge in [0.05, 0.1) is 13.2 Å². The van der Waals surface area contributed by atoms with Crippen LogP contribution in [0.4, 0.5) is 5.69 Å². The van der Waals surface area contributed by atoms with E-state index in [1.165, 1.54) is 5.52 Å². The summed E-state index contributed by atoms with van der Waals surface area (Å²) in [6.07, 6.45) is 2.99. The van der Waals surface area contributed by atoms with Crippen molar-refractivity contribution >= 4 is 34.9 Å². The van der Waals surface area contributed by atoms with Gasteiger partial charge in [-0.3, -0.25) is 14.8 Å². The van der Waals surface area contributed by atoms with Gasteiger partial charge in [-0.05, 0) is 24.3 Å². The van der Waals surface area contributed by atoms with E-state index < -0.39 is 0 Å². The predicted octanol–water partition coefficient (Wildman–Crippen LogP) is 2.02. The lowest BCUT2D eigenvalue weighted by molar-refractivity contribution is 0.0365. The minimum Gasteiger partial charge on any atom is -0.379 e. The van der Waals surface area contributed by atoms with E-state index in [2.05, 4.69) is 48.6 Å². The second-order valence-electron chi connectivity index (χ2n) is 7.65. The molecule has 3 aromatic rings. The first kappa shape index (κ1) is 20.9. The highest BCUT2D eigenvalue weighted by Crippen LogP contribution is 2.22. The predicted molar refractivity (Wildman–Crippen MR) is 118 cm³/mol. The number of H-pyrrole nitrogens is 1. The van der Waals surface area contributed by atoms with Crippen LogP contribution in [0, 0.1) is 0 Å². The summed E-state index contributed by atoms with van der Waals surface area (Å²) >= 11 is 0. The summed E-state index contributed by atoms with van der Waals surface area (Å²) < 4.78 is 7.69. The Kier molecular flexibility index (Phi) is 6.38. The van der Waals surface area contributed by atoms with Gasteiger partial charge in [-0.15, -0.1) is 12.4 Å². The number of benzene rings is 1. The van der Waals surface area contributed by atoms with E-state index in [1.807, 2.05) is 12.1 Å².